The van der Waals surface area contributed by atoms with Crippen LogP contribution in [0.2, 0.25) is 0 Å². The molecule has 0 spiro atoms. The predicted octanol–water partition coefficient (Wildman–Crippen LogP) is 4.08. The standard InChI is InChI=1S/C27H28N2O6/c1-32-21-7-4-19(5-8-21)16-26(30)28-20-6-13-25-24(17-20)29(27(31)18-35-25)14-3-15-34-23-11-9-22(33-2)10-12-23/h4-13,17H,3,14-16,18H2,1-2H3,(H,28,30). The number of carbonyl (C=O) groups is 2. The molecule has 1 heterocycles. The van der Waals surface area contributed by atoms with Crippen LogP contribution >= 0.6 is 0 Å². The monoisotopic (exact) mass is 476 g/mol. The lowest BCUT2D eigenvalue weighted by molar-refractivity contribution is -0.121. The number of anilines is 2. The zero-order valence-electron chi connectivity index (χ0n) is 19.8. The summed E-state index contributed by atoms with van der Waals surface area (Å²) in [5, 5.41) is 2.90. The highest BCUT2D eigenvalue weighted by Crippen LogP contribution is 2.34. The van der Waals surface area contributed by atoms with Crippen molar-refractivity contribution in [3.05, 3.63) is 72.3 Å². The van der Waals surface area contributed by atoms with E-state index in [4.69, 9.17) is 18.9 Å². The summed E-state index contributed by atoms with van der Waals surface area (Å²) in [6, 6.07) is 20.0. The number of rotatable bonds is 10. The van der Waals surface area contributed by atoms with Gasteiger partial charge in [0, 0.05) is 12.2 Å². The summed E-state index contributed by atoms with van der Waals surface area (Å²) in [5.74, 6) is 2.55. The van der Waals surface area contributed by atoms with Crippen LogP contribution in [0.1, 0.15) is 12.0 Å². The number of fused-ring (bicyclic) bond motifs is 1. The summed E-state index contributed by atoms with van der Waals surface area (Å²) >= 11 is 0. The summed E-state index contributed by atoms with van der Waals surface area (Å²) in [7, 11) is 3.22. The highest BCUT2D eigenvalue weighted by molar-refractivity contribution is 5.99. The normalized spacial score (nSPS) is 12.4. The molecule has 0 bridgehead atoms. The van der Waals surface area contributed by atoms with Crippen molar-refractivity contribution in [3.8, 4) is 23.0 Å². The minimum absolute atomic E-state index is 0.0183. The number of benzene rings is 3. The molecule has 0 fully saturated rings. The van der Waals surface area contributed by atoms with Gasteiger partial charge in [0.1, 0.15) is 23.0 Å². The lowest BCUT2D eigenvalue weighted by atomic mass is 10.1. The smallest absolute Gasteiger partial charge is 0.265 e. The summed E-state index contributed by atoms with van der Waals surface area (Å²) in [4.78, 5) is 26.8. The van der Waals surface area contributed by atoms with Gasteiger partial charge in [-0.1, -0.05) is 12.1 Å². The molecule has 1 N–H and O–H groups in total. The van der Waals surface area contributed by atoms with Crippen molar-refractivity contribution in [3.63, 3.8) is 0 Å². The van der Waals surface area contributed by atoms with Crippen LogP contribution in [-0.2, 0) is 16.0 Å². The van der Waals surface area contributed by atoms with Crippen molar-refractivity contribution >= 4 is 23.2 Å². The molecule has 2 amide bonds. The van der Waals surface area contributed by atoms with Gasteiger partial charge in [0.05, 0.1) is 32.9 Å². The lowest BCUT2D eigenvalue weighted by Gasteiger charge is -2.30. The molecule has 3 aromatic carbocycles. The van der Waals surface area contributed by atoms with Crippen molar-refractivity contribution in [2.75, 3.05) is 44.2 Å². The molecule has 8 nitrogen and oxygen atoms in total. The highest BCUT2D eigenvalue weighted by Gasteiger charge is 2.25. The van der Waals surface area contributed by atoms with E-state index in [1.807, 2.05) is 48.5 Å². The lowest BCUT2D eigenvalue weighted by Crippen LogP contribution is -2.39. The van der Waals surface area contributed by atoms with E-state index >= 15 is 0 Å². The molecule has 0 unspecified atom stereocenters. The average molecular weight is 477 g/mol. The van der Waals surface area contributed by atoms with Gasteiger partial charge < -0.3 is 29.2 Å². The third-order valence-electron chi connectivity index (χ3n) is 5.56. The van der Waals surface area contributed by atoms with Crippen molar-refractivity contribution in [1.82, 2.24) is 0 Å². The van der Waals surface area contributed by atoms with Crippen LogP contribution in [0.3, 0.4) is 0 Å². The van der Waals surface area contributed by atoms with Crippen LogP contribution < -0.4 is 29.2 Å². The fraction of sp³-hybridized carbons (Fsp3) is 0.259. The van der Waals surface area contributed by atoms with Crippen molar-refractivity contribution in [2.24, 2.45) is 0 Å². The van der Waals surface area contributed by atoms with Crippen LogP contribution in [-0.4, -0.2) is 45.8 Å². The van der Waals surface area contributed by atoms with Gasteiger partial charge in [0.25, 0.3) is 5.91 Å². The summed E-state index contributed by atoms with van der Waals surface area (Å²) in [6.45, 7) is 0.898. The molecule has 182 valence electrons. The fourth-order valence-corrected chi connectivity index (χ4v) is 3.74. The Morgan fingerprint density at radius 3 is 2.29 bits per heavy atom. The highest BCUT2D eigenvalue weighted by atomic mass is 16.5. The van der Waals surface area contributed by atoms with E-state index in [1.165, 1.54) is 0 Å². The van der Waals surface area contributed by atoms with Gasteiger partial charge in [-0.2, -0.15) is 0 Å². The van der Waals surface area contributed by atoms with Crippen LogP contribution in [0.4, 0.5) is 11.4 Å². The minimum atomic E-state index is -0.155. The number of carbonyl (C=O) groups excluding carboxylic acids is 2. The van der Waals surface area contributed by atoms with Gasteiger partial charge in [0.2, 0.25) is 5.91 Å². The molecular weight excluding hydrogens is 448 g/mol. The third-order valence-corrected chi connectivity index (χ3v) is 5.56. The number of amides is 2. The Morgan fingerprint density at radius 1 is 0.943 bits per heavy atom. The van der Waals surface area contributed by atoms with Crippen molar-refractivity contribution < 1.29 is 28.5 Å². The third kappa shape index (κ3) is 6.23. The molecule has 0 aromatic heterocycles. The molecule has 0 saturated carbocycles. The second kappa shape index (κ2) is 11.3. The quantitative estimate of drug-likeness (QED) is 0.444. The fourth-order valence-electron chi connectivity index (χ4n) is 3.74. The van der Waals surface area contributed by atoms with Gasteiger partial charge in [-0.05, 0) is 66.6 Å². The zero-order chi connectivity index (χ0) is 24.6. The number of nitrogens with zero attached hydrogens (tertiary/aromatic N) is 1. The van der Waals surface area contributed by atoms with Crippen LogP contribution in [0, 0.1) is 0 Å². The Labute approximate surface area is 204 Å². The zero-order valence-corrected chi connectivity index (χ0v) is 19.8. The number of nitrogens with one attached hydrogen (secondary N) is 1. The molecule has 8 heteroatoms. The second-order valence-corrected chi connectivity index (χ2v) is 7.97. The Bertz CT molecular complexity index is 1160. The second-order valence-electron chi connectivity index (χ2n) is 7.97. The molecule has 0 saturated heterocycles. The Kier molecular flexibility index (Phi) is 7.72. The van der Waals surface area contributed by atoms with E-state index in [2.05, 4.69) is 5.32 Å². The first-order valence-electron chi connectivity index (χ1n) is 11.3. The van der Waals surface area contributed by atoms with Gasteiger partial charge in [-0.3, -0.25) is 9.59 Å². The molecule has 3 aromatic rings. The maximum absolute atomic E-state index is 12.6. The van der Waals surface area contributed by atoms with Crippen LogP contribution in [0.5, 0.6) is 23.0 Å². The summed E-state index contributed by atoms with van der Waals surface area (Å²) in [5.41, 5.74) is 2.10. The first-order valence-corrected chi connectivity index (χ1v) is 11.3. The Balaban J connectivity index is 1.35. The van der Waals surface area contributed by atoms with E-state index in [9.17, 15) is 9.59 Å². The van der Waals surface area contributed by atoms with Crippen LogP contribution in [0.15, 0.2) is 66.7 Å². The molecular formula is C27H28N2O6. The van der Waals surface area contributed by atoms with E-state index < -0.39 is 0 Å². The first kappa shape index (κ1) is 23.9. The van der Waals surface area contributed by atoms with E-state index in [1.54, 1.807) is 37.3 Å². The van der Waals surface area contributed by atoms with Gasteiger partial charge >= 0.3 is 0 Å². The SMILES string of the molecule is COc1ccc(CC(=O)Nc2ccc3c(c2)N(CCCOc2ccc(OC)cc2)C(=O)CO3)cc1. The van der Waals surface area contributed by atoms with Gasteiger partial charge in [-0.25, -0.2) is 0 Å². The van der Waals surface area contributed by atoms with Crippen molar-refractivity contribution in [2.45, 2.75) is 12.8 Å². The van der Waals surface area contributed by atoms with E-state index in [-0.39, 0.29) is 24.8 Å². The Morgan fingerprint density at radius 2 is 1.60 bits per heavy atom. The molecule has 0 atom stereocenters. The predicted molar refractivity (Wildman–Crippen MR) is 133 cm³/mol. The summed E-state index contributed by atoms with van der Waals surface area (Å²) < 4.78 is 21.7. The number of methoxy groups -OCH3 is 2. The molecule has 0 radical (unpaired) electrons. The maximum Gasteiger partial charge on any atom is 0.265 e. The van der Waals surface area contributed by atoms with Crippen LogP contribution in [0.25, 0.3) is 0 Å². The largest absolute Gasteiger partial charge is 0.497 e. The van der Waals surface area contributed by atoms with E-state index in [0.717, 1.165) is 22.8 Å². The van der Waals surface area contributed by atoms with Crippen molar-refractivity contribution in [1.29, 1.82) is 0 Å². The van der Waals surface area contributed by atoms with E-state index in [0.29, 0.717) is 36.7 Å². The number of hydrogen-bond acceptors (Lipinski definition) is 6. The molecule has 0 aliphatic carbocycles. The van der Waals surface area contributed by atoms with Gasteiger partial charge in [-0.15, -0.1) is 0 Å². The molecule has 1 aliphatic rings. The Hall–Kier alpha value is -4.20. The minimum Gasteiger partial charge on any atom is -0.497 e. The topological polar surface area (TPSA) is 86.3 Å². The molecule has 4 rings (SSSR count). The number of hydrogen-bond donors (Lipinski definition) is 1. The molecule has 35 heavy (non-hydrogen) atoms. The molecule has 1 aliphatic heterocycles. The maximum atomic E-state index is 12.6. The number of ether oxygens (including phenoxy) is 4. The van der Waals surface area contributed by atoms with Gasteiger partial charge in [0.15, 0.2) is 6.61 Å². The first-order chi connectivity index (χ1) is 17.1. The average Bonchev–Trinajstić information content (AvgIpc) is 2.88. The summed E-state index contributed by atoms with van der Waals surface area (Å²) in [6.07, 6.45) is 0.855.